The Kier molecular flexibility index (Phi) is 3.23. The van der Waals surface area contributed by atoms with Crippen molar-refractivity contribution in [2.75, 3.05) is 6.61 Å². The highest BCUT2D eigenvalue weighted by Crippen LogP contribution is 2.25. The normalized spacial score (nSPS) is 11.0. The van der Waals surface area contributed by atoms with Crippen LogP contribution in [0.2, 0.25) is 0 Å². The third kappa shape index (κ3) is 2.11. The molecule has 2 N–H and O–H groups in total. The Balaban J connectivity index is 3.12. The molecule has 0 heterocycles. The fourth-order valence-corrected chi connectivity index (χ4v) is 1.46. The monoisotopic (exact) mass is 190 g/mol. The molecule has 0 unspecified atom stereocenters. The lowest BCUT2D eigenvalue weighted by Gasteiger charge is -2.24. The van der Waals surface area contributed by atoms with Crippen LogP contribution < -0.4 is 5.90 Å². The summed E-state index contributed by atoms with van der Waals surface area (Å²) < 4.78 is 0. The average molecular weight is 190 g/mol. The fourth-order valence-electron chi connectivity index (χ4n) is 1.46. The van der Waals surface area contributed by atoms with Gasteiger partial charge >= 0.3 is 0 Å². The summed E-state index contributed by atoms with van der Waals surface area (Å²) in [4.78, 5) is 4.65. The van der Waals surface area contributed by atoms with Crippen molar-refractivity contribution >= 4 is 0 Å². The van der Waals surface area contributed by atoms with Crippen LogP contribution in [-0.2, 0) is 10.3 Å². The summed E-state index contributed by atoms with van der Waals surface area (Å²) in [7, 11) is 0. The Morgan fingerprint density at radius 1 is 1.43 bits per heavy atom. The molecule has 0 aliphatic heterocycles. The van der Waals surface area contributed by atoms with Gasteiger partial charge in [-0.2, -0.15) is 5.26 Å². The molecule has 3 nitrogen and oxygen atoms in total. The molecule has 0 aromatic heterocycles. The summed E-state index contributed by atoms with van der Waals surface area (Å²) in [6.07, 6.45) is 0. The zero-order valence-corrected chi connectivity index (χ0v) is 8.45. The van der Waals surface area contributed by atoms with Crippen LogP contribution in [0.15, 0.2) is 24.3 Å². The van der Waals surface area contributed by atoms with Gasteiger partial charge < -0.3 is 4.84 Å². The second kappa shape index (κ2) is 4.23. The van der Waals surface area contributed by atoms with Crippen LogP contribution >= 0.6 is 0 Å². The first-order valence-electron chi connectivity index (χ1n) is 4.43. The third-order valence-corrected chi connectivity index (χ3v) is 2.22. The van der Waals surface area contributed by atoms with Crippen LogP contribution in [-0.4, -0.2) is 6.61 Å². The van der Waals surface area contributed by atoms with Gasteiger partial charge in [-0.3, -0.25) is 0 Å². The molecule has 0 aliphatic carbocycles. The third-order valence-electron chi connectivity index (χ3n) is 2.22. The van der Waals surface area contributed by atoms with E-state index in [9.17, 15) is 0 Å². The van der Waals surface area contributed by atoms with Crippen molar-refractivity contribution in [2.45, 2.75) is 19.3 Å². The predicted octanol–water partition coefficient (Wildman–Crippen LogP) is 1.73. The van der Waals surface area contributed by atoms with Gasteiger partial charge in [0.15, 0.2) is 0 Å². The molecule has 0 saturated carbocycles. The Morgan fingerprint density at radius 3 is 2.64 bits per heavy atom. The maximum absolute atomic E-state index is 8.93. The summed E-state index contributed by atoms with van der Waals surface area (Å²) >= 11 is 0. The van der Waals surface area contributed by atoms with E-state index in [1.165, 1.54) is 0 Å². The van der Waals surface area contributed by atoms with Gasteiger partial charge in [0.25, 0.3) is 0 Å². The van der Waals surface area contributed by atoms with Crippen molar-refractivity contribution in [1.82, 2.24) is 0 Å². The number of nitrogens with two attached hydrogens (primary N) is 1. The van der Waals surface area contributed by atoms with E-state index in [2.05, 4.69) is 10.9 Å². The molecule has 0 fully saturated rings. The van der Waals surface area contributed by atoms with Gasteiger partial charge in [0, 0.05) is 5.41 Å². The highest BCUT2D eigenvalue weighted by atomic mass is 16.6. The van der Waals surface area contributed by atoms with E-state index >= 15 is 0 Å². The van der Waals surface area contributed by atoms with Gasteiger partial charge in [0.1, 0.15) is 0 Å². The minimum Gasteiger partial charge on any atom is -0.304 e. The topological polar surface area (TPSA) is 59.0 Å². The molecule has 0 atom stereocenters. The second-order valence-corrected chi connectivity index (χ2v) is 3.85. The van der Waals surface area contributed by atoms with Crippen molar-refractivity contribution in [3.8, 4) is 6.07 Å². The lowest BCUT2D eigenvalue weighted by Crippen LogP contribution is -2.27. The SMILES string of the molecule is CC(C)(CON)c1ccccc1C#N. The van der Waals surface area contributed by atoms with Crippen molar-refractivity contribution < 1.29 is 4.84 Å². The first kappa shape index (κ1) is 10.7. The zero-order chi connectivity index (χ0) is 10.6. The van der Waals surface area contributed by atoms with Crippen LogP contribution in [0.5, 0.6) is 0 Å². The molecule has 0 saturated heterocycles. The first-order chi connectivity index (χ1) is 6.61. The van der Waals surface area contributed by atoms with Gasteiger partial charge in [-0.05, 0) is 11.6 Å². The van der Waals surface area contributed by atoms with Gasteiger partial charge in [-0.25, -0.2) is 5.90 Å². The van der Waals surface area contributed by atoms with Crippen molar-refractivity contribution in [3.05, 3.63) is 35.4 Å². The van der Waals surface area contributed by atoms with Crippen LogP contribution in [0.3, 0.4) is 0 Å². The summed E-state index contributed by atoms with van der Waals surface area (Å²) in [5.41, 5.74) is 1.41. The molecule has 1 rings (SSSR count). The minimum atomic E-state index is -0.235. The summed E-state index contributed by atoms with van der Waals surface area (Å²) in [5, 5.41) is 8.93. The van der Waals surface area contributed by atoms with Crippen LogP contribution in [0, 0.1) is 11.3 Å². The quantitative estimate of drug-likeness (QED) is 0.738. The number of rotatable bonds is 3. The molecule has 3 heteroatoms. The lowest BCUT2D eigenvalue weighted by atomic mass is 9.83. The summed E-state index contributed by atoms with van der Waals surface area (Å²) in [6.45, 7) is 4.39. The molecule has 0 amide bonds. The standard InChI is InChI=1S/C11H14N2O/c1-11(2,8-14-13)10-6-4-3-5-9(10)7-12/h3-6H,8,13H2,1-2H3. The van der Waals surface area contributed by atoms with E-state index in [-0.39, 0.29) is 5.41 Å². The molecule has 0 bridgehead atoms. The number of nitrogens with zero attached hydrogens (tertiary/aromatic N) is 1. The van der Waals surface area contributed by atoms with Gasteiger partial charge in [0.2, 0.25) is 0 Å². The van der Waals surface area contributed by atoms with Gasteiger partial charge in [-0.15, -0.1) is 0 Å². The number of nitriles is 1. The molecular weight excluding hydrogens is 176 g/mol. The molecule has 14 heavy (non-hydrogen) atoms. The molecular formula is C11H14N2O. The molecule has 0 radical (unpaired) electrons. The van der Waals surface area contributed by atoms with Crippen LogP contribution in [0.4, 0.5) is 0 Å². The Hall–Kier alpha value is -1.37. The molecule has 1 aromatic carbocycles. The Morgan fingerprint density at radius 2 is 2.07 bits per heavy atom. The van der Waals surface area contributed by atoms with E-state index in [1.807, 2.05) is 32.0 Å². The van der Waals surface area contributed by atoms with Crippen molar-refractivity contribution in [3.63, 3.8) is 0 Å². The highest BCUT2D eigenvalue weighted by Gasteiger charge is 2.23. The smallest absolute Gasteiger partial charge is 0.0994 e. The average Bonchev–Trinajstić information content (AvgIpc) is 2.18. The lowest BCUT2D eigenvalue weighted by molar-refractivity contribution is 0.0963. The van der Waals surface area contributed by atoms with E-state index < -0.39 is 0 Å². The molecule has 0 aliphatic rings. The minimum absolute atomic E-state index is 0.235. The van der Waals surface area contributed by atoms with E-state index in [0.29, 0.717) is 12.2 Å². The van der Waals surface area contributed by atoms with Crippen LogP contribution in [0.25, 0.3) is 0 Å². The highest BCUT2D eigenvalue weighted by molar-refractivity contribution is 5.41. The van der Waals surface area contributed by atoms with Crippen molar-refractivity contribution in [1.29, 1.82) is 5.26 Å². The summed E-state index contributed by atoms with van der Waals surface area (Å²) in [5.74, 6) is 5.06. The maximum Gasteiger partial charge on any atom is 0.0994 e. The second-order valence-electron chi connectivity index (χ2n) is 3.85. The largest absolute Gasteiger partial charge is 0.304 e. The Labute approximate surface area is 84.1 Å². The fraction of sp³-hybridized carbons (Fsp3) is 0.364. The van der Waals surface area contributed by atoms with E-state index in [4.69, 9.17) is 11.2 Å². The van der Waals surface area contributed by atoms with Gasteiger partial charge in [0.05, 0.1) is 18.2 Å². The first-order valence-corrected chi connectivity index (χ1v) is 4.43. The number of hydrogen-bond donors (Lipinski definition) is 1. The summed E-state index contributed by atoms with van der Waals surface area (Å²) in [6, 6.07) is 9.65. The number of benzene rings is 1. The molecule has 0 spiro atoms. The van der Waals surface area contributed by atoms with Crippen molar-refractivity contribution in [2.24, 2.45) is 5.90 Å². The Bertz CT molecular complexity index is 353. The van der Waals surface area contributed by atoms with Gasteiger partial charge in [-0.1, -0.05) is 32.0 Å². The zero-order valence-electron chi connectivity index (χ0n) is 8.45. The molecule has 74 valence electrons. The van der Waals surface area contributed by atoms with E-state index in [0.717, 1.165) is 5.56 Å². The maximum atomic E-state index is 8.93. The number of hydrogen-bond acceptors (Lipinski definition) is 3. The molecule has 1 aromatic rings. The van der Waals surface area contributed by atoms with Crippen LogP contribution in [0.1, 0.15) is 25.0 Å². The van der Waals surface area contributed by atoms with E-state index in [1.54, 1.807) is 6.07 Å². The predicted molar refractivity (Wildman–Crippen MR) is 54.3 cm³/mol.